The van der Waals surface area contributed by atoms with Crippen LogP contribution < -0.4 is 5.73 Å². The Bertz CT molecular complexity index is 313. The first-order valence-corrected chi connectivity index (χ1v) is 3.04. The number of nitrogens with two attached hydrogens (primary N) is 1. The summed E-state index contributed by atoms with van der Waals surface area (Å²) in [5.74, 6) is 0.667. The molecule has 10 heavy (non-hydrogen) atoms. The van der Waals surface area contributed by atoms with E-state index in [-0.39, 0.29) is 0 Å². The molecule has 0 aromatic rings. The topological polar surface area (TPSA) is 54.7 Å². The molecule has 0 saturated carbocycles. The minimum absolute atomic E-state index is 0.667. The maximum absolute atomic E-state index is 5.50. The van der Waals surface area contributed by atoms with Crippen LogP contribution in [-0.4, -0.2) is 9.97 Å². The average Bonchev–Trinajstić information content (AvgIpc) is 2.33. The predicted molar refractivity (Wildman–Crippen MR) is 39.6 cm³/mol. The molecule has 0 atom stereocenters. The molecule has 0 aromatic carbocycles. The number of nitrogens with zero attached hydrogens (tertiary/aromatic N) is 1. The van der Waals surface area contributed by atoms with Crippen LogP contribution in [0.1, 0.15) is 0 Å². The molecule has 0 bridgehead atoms. The van der Waals surface area contributed by atoms with Crippen molar-refractivity contribution in [2.45, 2.75) is 0 Å². The van der Waals surface area contributed by atoms with Crippen molar-refractivity contribution in [2.24, 2.45) is 0 Å². The number of aromatic amines is 1. The van der Waals surface area contributed by atoms with Crippen molar-refractivity contribution in [3.63, 3.8) is 0 Å². The molecule has 50 valence electrons. The summed E-state index contributed by atoms with van der Waals surface area (Å²) in [5.41, 5.74) is 7.67. The lowest BCUT2D eigenvalue weighted by Gasteiger charge is -1.97. The number of hydrogen-bond donors (Lipinski definition) is 2. The first kappa shape index (κ1) is 5.29. The summed E-state index contributed by atoms with van der Waals surface area (Å²) in [4.78, 5) is 6.86. The molecule has 3 heteroatoms. The van der Waals surface area contributed by atoms with Gasteiger partial charge in [-0.15, -0.1) is 0 Å². The van der Waals surface area contributed by atoms with E-state index >= 15 is 0 Å². The number of nitrogens with one attached hydrogen (secondary N) is 1. The largest absolute Gasteiger partial charge is 0.385 e. The maximum Gasteiger partial charge on any atom is 0.101 e. The van der Waals surface area contributed by atoms with Crippen LogP contribution in [0.3, 0.4) is 0 Å². The molecule has 0 amide bonds. The monoisotopic (exact) mass is 133 g/mol. The molecule has 2 aliphatic rings. The molecule has 0 spiro atoms. The third-order valence-corrected chi connectivity index (χ3v) is 1.47. The molecule has 2 aliphatic heterocycles. The second-order valence-electron chi connectivity index (χ2n) is 2.21. The van der Waals surface area contributed by atoms with Crippen LogP contribution in [0, 0.1) is 0 Å². The fourth-order valence-corrected chi connectivity index (χ4v) is 0.958. The van der Waals surface area contributed by atoms with Gasteiger partial charge in [0.15, 0.2) is 0 Å². The summed E-state index contributed by atoms with van der Waals surface area (Å²) >= 11 is 0. The fraction of sp³-hybridized carbons (Fsp3) is 0. The van der Waals surface area contributed by atoms with Crippen molar-refractivity contribution in [1.29, 1.82) is 0 Å². The number of aromatic nitrogens is 2. The molecule has 0 aromatic heterocycles. The Morgan fingerprint density at radius 2 is 2.10 bits per heavy atom. The van der Waals surface area contributed by atoms with Gasteiger partial charge in [-0.3, -0.25) is 4.98 Å². The minimum atomic E-state index is 0.667. The summed E-state index contributed by atoms with van der Waals surface area (Å²) < 4.78 is 0. The Morgan fingerprint density at radius 3 is 3.00 bits per heavy atom. The van der Waals surface area contributed by atoms with E-state index < -0.39 is 0 Å². The minimum Gasteiger partial charge on any atom is -0.385 e. The van der Waals surface area contributed by atoms with E-state index in [1.807, 2.05) is 12.3 Å². The number of fused-ring (bicyclic) bond motifs is 1. The van der Waals surface area contributed by atoms with E-state index in [4.69, 9.17) is 5.73 Å². The maximum atomic E-state index is 5.50. The Hall–Kier alpha value is -1.51. The SMILES string of the molecule is Nc1cc2cncc-2c[nH]1. The number of hydrogen-bond acceptors (Lipinski definition) is 2. The molecule has 0 saturated heterocycles. The average molecular weight is 133 g/mol. The normalized spacial score (nSPS) is 10.4. The lowest BCUT2D eigenvalue weighted by Crippen LogP contribution is -1.88. The number of H-pyrrole nitrogens is 1. The molecule has 0 aliphatic carbocycles. The zero-order chi connectivity index (χ0) is 6.97. The Morgan fingerprint density at radius 1 is 1.30 bits per heavy atom. The molecule has 3 nitrogen and oxygen atoms in total. The second-order valence-corrected chi connectivity index (χ2v) is 2.21. The van der Waals surface area contributed by atoms with Crippen LogP contribution >= 0.6 is 0 Å². The molecule has 2 heterocycles. The summed E-state index contributed by atoms with van der Waals surface area (Å²) in [7, 11) is 0. The van der Waals surface area contributed by atoms with Gasteiger partial charge in [-0.05, 0) is 6.07 Å². The molecule has 3 N–H and O–H groups in total. The van der Waals surface area contributed by atoms with Gasteiger partial charge in [0.05, 0.1) is 0 Å². The van der Waals surface area contributed by atoms with Gasteiger partial charge in [0.25, 0.3) is 0 Å². The summed E-state index contributed by atoms with van der Waals surface area (Å²) in [6, 6.07) is 1.86. The highest BCUT2D eigenvalue weighted by molar-refractivity contribution is 5.65. The molecule has 2 rings (SSSR count). The van der Waals surface area contributed by atoms with Crippen LogP contribution in [0.5, 0.6) is 0 Å². The molecular weight excluding hydrogens is 126 g/mol. The zero-order valence-corrected chi connectivity index (χ0v) is 5.33. The lowest BCUT2D eigenvalue weighted by atomic mass is 10.2. The van der Waals surface area contributed by atoms with E-state index in [0.717, 1.165) is 11.1 Å². The van der Waals surface area contributed by atoms with Gasteiger partial charge in [-0.25, -0.2) is 0 Å². The van der Waals surface area contributed by atoms with Gasteiger partial charge in [-0.1, -0.05) is 0 Å². The summed E-state index contributed by atoms with van der Waals surface area (Å²) in [6.45, 7) is 0. The van der Waals surface area contributed by atoms with Crippen LogP contribution in [-0.2, 0) is 0 Å². The van der Waals surface area contributed by atoms with Crippen LogP contribution in [0.15, 0.2) is 24.7 Å². The lowest BCUT2D eigenvalue weighted by molar-refractivity contribution is 1.34. The predicted octanol–water partition coefficient (Wildman–Crippen LogP) is 1.10. The molecule has 0 radical (unpaired) electrons. The van der Waals surface area contributed by atoms with Gasteiger partial charge < -0.3 is 10.7 Å². The van der Waals surface area contributed by atoms with Gasteiger partial charge in [0.1, 0.15) is 5.82 Å². The van der Waals surface area contributed by atoms with E-state index in [1.165, 1.54) is 0 Å². The summed E-state index contributed by atoms with van der Waals surface area (Å²) in [6.07, 6.45) is 5.43. The third kappa shape index (κ3) is 0.639. The van der Waals surface area contributed by atoms with Gasteiger partial charge in [0.2, 0.25) is 0 Å². The zero-order valence-electron chi connectivity index (χ0n) is 5.33. The molecule has 0 fully saturated rings. The van der Waals surface area contributed by atoms with Crippen molar-refractivity contribution in [3.05, 3.63) is 24.7 Å². The number of pyridine rings is 1. The highest BCUT2D eigenvalue weighted by atomic mass is 14.8. The van der Waals surface area contributed by atoms with E-state index in [9.17, 15) is 0 Å². The molecule has 0 unspecified atom stereocenters. The van der Waals surface area contributed by atoms with Crippen molar-refractivity contribution in [2.75, 3.05) is 5.73 Å². The molecular formula is C7H7N3. The standard InChI is InChI=1S/C7H7N3/c8-7-1-5-2-9-3-6(5)4-10-7/h1-4,10H,8H2. The van der Waals surface area contributed by atoms with Gasteiger partial charge >= 0.3 is 0 Å². The van der Waals surface area contributed by atoms with Crippen molar-refractivity contribution < 1.29 is 0 Å². The first-order valence-electron chi connectivity index (χ1n) is 3.04. The van der Waals surface area contributed by atoms with Crippen LogP contribution in [0.25, 0.3) is 11.1 Å². The Balaban J connectivity index is 2.75. The van der Waals surface area contributed by atoms with E-state index in [2.05, 4.69) is 9.97 Å². The number of rotatable bonds is 0. The van der Waals surface area contributed by atoms with Crippen molar-refractivity contribution >= 4 is 5.82 Å². The Kier molecular flexibility index (Phi) is 0.917. The van der Waals surface area contributed by atoms with E-state index in [1.54, 1.807) is 12.4 Å². The third-order valence-electron chi connectivity index (χ3n) is 1.47. The first-order chi connectivity index (χ1) is 4.86. The second kappa shape index (κ2) is 1.73. The van der Waals surface area contributed by atoms with E-state index in [0.29, 0.717) is 5.82 Å². The van der Waals surface area contributed by atoms with Crippen LogP contribution in [0.4, 0.5) is 5.82 Å². The van der Waals surface area contributed by atoms with Gasteiger partial charge in [-0.2, -0.15) is 0 Å². The highest BCUT2D eigenvalue weighted by Crippen LogP contribution is 2.20. The fourth-order valence-electron chi connectivity index (χ4n) is 0.958. The Labute approximate surface area is 58.2 Å². The van der Waals surface area contributed by atoms with Crippen molar-refractivity contribution in [1.82, 2.24) is 9.97 Å². The van der Waals surface area contributed by atoms with Crippen molar-refractivity contribution in [3.8, 4) is 11.1 Å². The number of anilines is 1. The number of nitrogen functional groups attached to an aromatic ring is 1. The highest BCUT2D eigenvalue weighted by Gasteiger charge is 2.00. The smallest absolute Gasteiger partial charge is 0.101 e. The van der Waals surface area contributed by atoms with Crippen LogP contribution in [0.2, 0.25) is 0 Å². The quantitative estimate of drug-likeness (QED) is 0.565. The van der Waals surface area contributed by atoms with Gasteiger partial charge in [0, 0.05) is 29.7 Å². The summed E-state index contributed by atoms with van der Waals surface area (Å²) in [5, 5.41) is 0.